The molecule has 3 rings (SSSR count). The molecule has 1 N–H and O–H groups in total. The molecule has 2 aromatic heterocycles. The zero-order chi connectivity index (χ0) is 20.1. The summed E-state index contributed by atoms with van der Waals surface area (Å²) >= 11 is 1.33. The van der Waals surface area contributed by atoms with Crippen LogP contribution >= 0.6 is 11.3 Å². The molecule has 2 amide bonds. The quantitative estimate of drug-likeness (QED) is 0.825. The summed E-state index contributed by atoms with van der Waals surface area (Å²) < 4.78 is 0. The minimum Gasteiger partial charge on any atom is -0.353 e. The topological polar surface area (TPSA) is 102 Å². The Morgan fingerprint density at radius 2 is 2.07 bits per heavy atom. The predicted molar refractivity (Wildman–Crippen MR) is 107 cm³/mol. The van der Waals surface area contributed by atoms with Crippen molar-refractivity contribution in [3.8, 4) is 6.07 Å². The van der Waals surface area contributed by atoms with Gasteiger partial charge in [-0.05, 0) is 12.1 Å². The molecule has 1 saturated heterocycles. The largest absolute Gasteiger partial charge is 0.353 e. The fraction of sp³-hybridized carbons (Fsp3) is 0.421. The van der Waals surface area contributed by atoms with Gasteiger partial charge < -0.3 is 15.1 Å². The second-order valence-electron chi connectivity index (χ2n) is 6.85. The molecule has 1 fully saturated rings. The highest BCUT2D eigenvalue weighted by Crippen LogP contribution is 2.19. The van der Waals surface area contributed by atoms with Crippen LogP contribution in [0.15, 0.2) is 23.7 Å². The Morgan fingerprint density at radius 1 is 1.32 bits per heavy atom. The van der Waals surface area contributed by atoms with E-state index in [-0.39, 0.29) is 24.2 Å². The van der Waals surface area contributed by atoms with Crippen LogP contribution in [0.1, 0.15) is 25.1 Å². The first kappa shape index (κ1) is 19.8. The van der Waals surface area contributed by atoms with Crippen molar-refractivity contribution in [1.82, 2.24) is 14.9 Å². The van der Waals surface area contributed by atoms with Gasteiger partial charge in [-0.1, -0.05) is 13.8 Å². The minimum atomic E-state index is -0.117. The molecule has 2 aromatic rings. The van der Waals surface area contributed by atoms with Crippen molar-refractivity contribution in [2.45, 2.75) is 20.3 Å². The van der Waals surface area contributed by atoms with E-state index in [1.807, 2.05) is 18.7 Å². The van der Waals surface area contributed by atoms with Gasteiger partial charge in [0.2, 0.25) is 11.8 Å². The number of rotatable bonds is 5. The highest BCUT2D eigenvalue weighted by Gasteiger charge is 2.23. The highest BCUT2D eigenvalue weighted by molar-refractivity contribution is 7.13. The van der Waals surface area contributed by atoms with Crippen LogP contribution in [0.25, 0.3) is 0 Å². The number of nitrogens with zero attached hydrogens (tertiary/aromatic N) is 5. The summed E-state index contributed by atoms with van der Waals surface area (Å²) in [6.07, 6.45) is 1.85. The van der Waals surface area contributed by atoms with Crippen LogP contribution in [0.2, 0.25) is 0 Å². The fourth-order valence-electron chi connectivity index (χ4n) is 2.81. The van der Waals surface area contributed by atoms with E-state index in [1.54, 1.807) is 23.7 Å². The van der Waals surface area contributed by atoms with Crippen LogP contribution < -0.4 is 10.2 Å². The molecule has 0 spiro atoms. The number of anilines is 2. The van der Waals surface area contributed by atoms with Gasteiger partial charge in [0.25, 0.3) is 0 Å². The maximum atomic E-state index is 12.6. The van der Waals surface area contributed by atoms with Crippen LogP contribution in [0.5, 0.6) is 0 Å². The molecule has 0 bridgehead atoms. The molecule has 1 aliphatic heterocycles. The number of pyridine rings is 1. The first-order valence-electron chi connectivity index (χ1n) is 9.10. The van der Waals surface area contributed by atoms with E-state index < -0.39 is 0 Å². The van der Waals surface area contributed by atoms with Crippen molar-refractivity contribution < 1.29 is 9.59 Å². The summed E-state index contributed by atoms with van der Waals surface area (Å²) in [7, 11) is 0. The number of piperazine rings is 1. The SMILES string of the molecule is CC(C)C(=O)Nc1nc(CC(=O)N2CCN(c3cc(C#N)ccn3)CC2)cs1. The molecule has 0 atom stereocenters. The third-order valence-corrected chi connectivity index (χ3v) is 5.28. The molecule has 0 aliphatic carbocycles. The lowest BCUT2D eigenvalue weighted by molar-refractivity contribution is -0.130. The summed E-state index contributed by atoms with van der Waals surface area (Å²) in [5.41, 5.74) is 1.24. The molecule has 8 nitrogen and oxygen atoms in total. The standard InChI is InChI=1S/C19H22N6O2S/c1-13(2)18(27)23-19-22-15(12-28-19)10-17(26)25-7-5-24(6-8-25)16-9-14(11-20)3-4-21-16/h3-4,9,12-13H,5-8,10H2,1-2H3,(H,22,23,27). The lowest BCUT2D eigenvalue weighted by Gasteiger charge is -2.35. The van der Waals surface area contributed by atoms with E-state index in [0.717, 1.165) is 5.82 Å². The zero-order valence-corrected chi connectivity index (χ0v) is 16.7. The van der Waals surface area contributed by atoms with Gasteiger partial charge in [0.05, 0.1) is 23.7 Å². The average Bonchev–Trinajstić information content (AvgIpc) is 3.14. The second-order valence-corrected chi connectivity index (χ2v) is 7.71. The number of thiazole rings is 1. The Kier molecular flexibility index (Phi) is 6.21. The second kappa shape index (κ2) is 8.80. The summed E-state index contributed by atoms with van der Waals surface area (Å²) in [4.78, 5) is 36.9. The van der Waals surface area contributed by atoms with Gasteiger partial charge in [-0.2, -0.15) is 5.26 Å². The maximum Gasteiger partial charge on any atom is 0.228 e. The zero-order valence-electron chi connectivity index (χ0n) is 15.9. The van der Waals surface area contributed by atoms with Crippen molar-refractivity contribution >= 4 is 34.1 Å². The van der Waals surface area contributed by atoms with E-state index in [0.29, 0.717) is 42.6 Å². The molecular formula is C19H22N6O2S. The molecule has 28 heavy (non-hydrogen) atoms. The number of carbonyl (C=O) groups excluding carboxylic acids is 2. The average molecular weight is 398 g/mol. The molecule has 0 radical (unpaired) electrons. The molecule has 0 unspecified atom stereocenters. The Morgan fingerprint density at radius 3 is 2.75 bits per heavy atom. The molecule has 3 heterocycles. The molecule has 0 saturated carbocycles. The van der Waals surface area contributed by atoms with Crippen LogP contribution in [-0.4, -0.2) is 52.9 Å². The minimum absolute atomic E-state index is 0.0189. The third kappa shape index (κ3) is 4.84. The van der Waals surface area contributed by atoms with Gasteiger partial charge in [0.1, 0.15) is 5.82 Å². The lowest BCUT2D eigenvalue weighted by atomic mass is 10.2. The molecule has 1 aliphatic rings. The Bertz CT molecular complexity index is 896. The third-order valence-electron chi connectivity index (χ3n) is 4.47. The predicted octanol–water partition coefficient (Wildman–Crippen LogP) is 1.90. The van der Waals surface area contributed by atoms with Crippen LogP contribution in [0, 0.1) is 17.2 Å². The number of hydrogen-bond acceptors (Lipinski definition) is 7. The van der Waals surface area contributed by atoms with Gasteiger partial charge in [0.15, 0.2) is 5.13 Å². The van der Waals surface area contributed by atoms with Crippen molar-refractivity contribution in [1.29, 1.82) is 5.26 Å². The van der Waals surface area contributed by atoms with E-state index in [9.17, 15) is 9.59 Å². The van der Waals surface area contributed by atoms with Gasteiger partial charge in [0, 0.05) is 43.7 Å². The summed E-state index contributed by atoms with van der Waals surface area (Å²) in [5, 5.41) is 14.1. The molecule has 9 heteroatoms. The van der Waals surface area contributed by atoms with Gasteiger partial charge >= 0.3 is 0 Å². The first-order valence-corrected chi connectivity index (χ1v) is 9.98. The Hall–Kier alpha value is -2.99. The number of nitriles is 1. The fourth-order valence-corrected chi connectivity index (χ4v) is 3.52. The first-order chi connectivity index (χ1) is 13.5. The number of carbonyl (C=O) groups is 2. The van der Waals surface area contributed by atoms with Crippen molar-refractivity contribution in [2.75, 3.05) is 36.4 Å². The molecule has 0 aromatic carbocycles. The van der Waals surface area contributed by atoms with Crippen molar-refractivity contribution in [2.24, 2.45) is 5.92 Å². The number of amides is 2. The van der Waals surface area contributed by atoms with E-state index in [4.69, 9.17) is 5.26 Å². The molecule has 146 valence electrons. The smallest absolute Gasteiger partial charge is 0.228 e. The number of nitrogens with one attached hydrogen (secondary N) is 1. The summed E-state index contributed by atoms with van der Waals surface area (Å²) in [6, 6.07) is 5.56. The number of aromatic nitrogens is 2. The lowest BCUT2D eigenvalue weighted by Crippen LogP contribution is -2.49. The van der Waals surface area contributed by atoms with Crippen LogP contribution in [0.4, 0.5) is 10.9 Å². The van der Waals surface area contributed by atoms with Gasteiger partial charge in [-0.25, -0.2) is 9.97 Å². The monoisotopic (exact) mass is 398 g/mol. The van der Waals surface area contributed by atoms with Crippen molar-refractivity contribution in [3.05, 3.63) is 35.0 Å². The Balaban J connectivity index is 1.52. The normalized spacial score (nSPS) is 14.1. The summed E-state index contributed by atoms with van der Waals surface area (Å²) in [5.74, 6) is 0.577. The number of hydrogen-bond donors (Lipinski definition) is 1. The molecular weight excluding hydrogens is 376 g/mol. The van der Waals surface area contributed by atoms with E-state index in [1.165, 1.54) is 11.3 Å². The van der Waals surface area contributed by atoms with E-state index in [2.05, 4.69) is 26.3 Å². The Labute approximate surface area is 167 Å². The summed E-state index contributed by atoms with van der Waals surface area (Å²) in [6.45, 7) is 6.16. The van der Waals surface area contributed by atoms with Gasteiger partial charge in [-0.15, -0.1) is 11.3 Å². The maximum absolute atomic E-state index is 12.6. The van der Waals surface area contributed by atoms with Crippen LogP contribution in [0.3, 0.4) is 0 Å². The van der Waals surface area contributed by atoms with E-state index >= 15 is 0 Å². The van der Waals surface area contributed by atoms with Crippen LogP contribution in [-0.2, 0) is 16.0 Å². The van der Waals surface area contributed by atoms with Gasteiger partial charge in [-0.3, -0.25) is 9.59 Å². The van der Waals surface area contributed by atoms with Crippen molar-refractivity contribution in [3.63, 3.8) is 0 Å². The highest BCUT2D eigenvalue weighted by atomic mass is 32.1.